The van der Waals surface area contributed by atoms with Gasteiger partial charge in [0.2, 0.25) is 0 Å². The number of nitrogens with zero attached hydrogens (tertiary/aromatic N) is 3. The van der Waals surface area contributed by atoms with Gasteiger partial charge in [0.1, 0.15) is 0 Å². The summed E-state index contributed by atoms with van der Waals surface area (Å²) in [7, 11) is 2.15. The summed E-state index contributed by atoms with van der Waals surface area (Å²) in [4.78, 5) is 15.0. The Morgan fingerprint density at radius 2 is 1.36 bits per heavy atom. The standard InChI is InChI=1S/C17H19N3O2/c1-18-10-12-19(13-11-18)16-6-2-14(3-7-16)15-4-8-17(9-5-15)20(21)22/h2-9H,10-13H2,1H3. The summed E-state index contributed by atoms with van der Waals surface area (Å²) in [6.45, 7) is 4.27. The first-order valence-electron chi connectivity index (χ1n) is 7.42. The molecule has 0 unspecified atom stereocenters. The van der Waals surface area contributed by atoms with Crippen LogP contribution in [0.15, 0.2) is 48.5 Å². The van der Waals surface area contributed by atoms with E-state index in [2.05, 4.69) is 41.1 Å². The van der Waals surface area contributed by atoms with Crippen LogP contribution in [0, 0.1) is 10.1 Å². The molecule has 0 radical (unpaired) electrons. The van der Waals surface area contributed by atoms with Gasteiger partial charge in [-0.25, -0.2) is 0 Å². The van der Waals surface area contributed by atoms with Crippen molar-refractivity contribution in [3.8, 4) is 11.1 Å². The first kappa shape index (κ1) is 14.5. The van der Waals surface area contributed by atoms with Gasteiger partial charge in [-0.1, -0.05) is 12.1 Å². The maximum absolute atomic E-state index is 10.7. The fourth-order valence-electron chi connectivity index (χ4n) is 2.70. The Morgan fingerprint density at radius 3 is 1.86 bits per heavy atom. The summed E-state index contributed by atoms with van der Waals surface area (Å²) in [6.07, 6.45) is 0. The second-order valence-electron chi connectivity index (χ2n) is 5.64. The summed E-state index contributed by atoms with van der Waals surface area (Å²) >= 11 is 0. The zero-order valence-electron chi connectivity index (χ0n) is 12.6. The molecule has 1 heterocycles. The first-order chi connectivity index (χ1) is 10.6. The predicted molar refractivity (Wildman–Crippen MR) is 88.2 cm³/mol. The molecule has 0 amide bonds. The van der Waals surface area contributed by atoms with Gasteiger partial charge in [-0.3, -0.25) is 10.1 Å². The number of nitro groups is 1. The van der Waals surface area contributed by atoms with E-state index in [4.69, 9.17) is 0 Å². The highest BCUT2D eigenvalue weighted by atomic mass is 16.6. The number of rotatable bonds is 3. The smallest absolute Gasteiger partial charge is 0.269 e. The van der Waals surface area contributed by atoms with E-state index in [1.807, 2.05) is 0 Å². The summed E-state index contributed by atoms with van der Waals surface area (Å²) in [5, 5.41) is 10.7. The Kier molecular flexibility index (Phi) is 4.06. The van der Waals surface area contributed by atoms with Crippen molar-refractivity contribution in [3.63, 3.8) is 0 Å². The molecule has 0 aliphatic carbocycles. The number of piperazine rings is 1. The molecule has 22 heavy (non-hydrogen) atoms. The zero-order chi connectivity index (χ0) is 15.5. The van der Waals surface area contributed by atoms with Crippen molar-refractivity contribution in [2.45, 2.75) is 0 Å². The molecule has 0 atom stereocenters. The van der Waals surface area contributed by atoms with Crippen molar-refractivity contribution in [2.75, 3.05) is 38.1 Å². The fourth-order valence-corrected chi connectivity index (χ4v) is 2.70. The minimum atomic E-state index is -0.375. The highest BCUT2D eigenvalue weighted by molar-refractivity contribution is 5.67. The Morgan fingerprint density at radius 1 is 0.864 bits per heavy atom. The number of likely N-dealkylation sites (N-methyl/N-ethyl adjacent to an activating group) is 1. The third-order valence-corrected chi connectivity index (χ3v) is 4.15. The average molecular weight is 297 g/mol. The highest BCUT2D eigenvalue weighted by Gasteiger charge is 2.14. The summed E-state index contributed by atoms with van der Waals surface area (Å²) in [5.41, 5.74) is 3.43. The van der Waals surface area contributed by atoms with E-state index in [1.54, 1.807) is 24.3 Å². The van der Waals surface area contributed by atoms with Crippen molar-refractivity contribution in [2.24, 2.45) is 0 Å². The summed E-state index contributed by atoms with van der Waals surface area (Å²) in [5.74, 6) is 0. The molecule has 5 heteroatoms. The van der Waals surface area contributed by atoms with E-state index in [9.17, 15) is 10.1 Å². The summed E-state index contributed by atoms with van der Waals surface area (Å²) in [6, 6.07) is 15.1. The van der Waals surface area contributed by atoms with Crippen LogP contribution >= 0.6 is 0 Å². The molecule has 1 saturated heterocycles. The number of hydrogen-bond acceptors (Lipinski definition) is 4. The van der Waals surface area contributed by atoms with Gasteiger partial charge in [-0.15, -0.1) is 0 Å². The Labute approximate surface area is 129 Å². The van der Waals surface area contributed by atoms with Gasteiger partial charge in [0, 0.05) is 44.0 Å². The molecule has 2 aromatic carbocycles. The lowest BCUT2D eigenvalue weighted by Crippen LogP contribution is -2.44. The fraction of sp³-hybridized carbons (Fsp3) is 0.294. The average Bonchev–Trinajstić information content (AvgIpc) is 2.56. The Balaban J connectivity index is 1.75. The molecular formula is C17H19N3O2. The normalized spacial score (nSPS) is 15.8. The molecule has 0 N–H and O–H groups in total. The minimum absolute atomic E-state index is 0.123. The van der Waals surface area contributed by atoms with Gasteiger partial charge < -0.3 is 9.80 Å². The van der Waals surface area contributed by atoms with Crippen LogP contribution in [0.25, 0.3) is 11.1 Å². The van der Waals surface area contributed by atoms with Crippen LogP contribution in [0.5, 0.6) is 0 Å². The lowest BCUT2D eigenvalue weighted by Gasteiger charge is -2.34. The number of non-ortho nitro benzene ring substituents is 1. The van der Waals surface area contributed by atoms with Gasteiger partial charge in [0.25, 0.3) is 5.69 Å². The second-order valence-corrected chi connectivity index (χ2v) is 5.64. The van der Waals surface area contributed by atoms with Gasteiger partial charge in [-0.05, 0) is 42.4 Å². The van der Waals surface area contributed by atoms with Crippen LogP contribution in [0.2, 0.25) is 0 Å². The molecule has 2 aromatic rings. The van der Waals surface area contributed by atoms with Crippen LogP contribution in [-0.2, 0) is 0 Å². The molecule has 1 aliphatic heterocycles. The van der Waals surface area contributed by atoms with E-state index in [-0.39, 0.29) is 10.6 Å². The number of nitro benzene ring substituents is 1. The van der Waals surface area contributed by atoms with Crippen molar-refractivity contribution in [3.05, 3.63) is 58.6 Å². The predicted octanol–water partition coefficient (Wildman–Crippen LogP) is 3.01. The SMILES string of the molecule is CN1CCN(c2ccc(-c3ccc([N+](=O)[O-])cc3)cc2)CC1. The third-order valence-electron chi connectivity index (χ3n) is 4.15. The molecule has 5 nitrogen and oxygen atoms in total. The van der Waals surface area contributed by atoms with Crippen molar-refractivity contribution >= 4 is 11.4 Å². The molecule has 1 aliphatic rings. The van der Waals surface area contributed by atoms with Gasteiger partial charge in [0.05, 0.1) is 4.92 Å². The highest BCUT2D eigenvalue weighted by Crippen LogP contribution is 2.25. The lowest BCUT2D eigenvalue weighted by molar-refractivity contribution is -0.384. The van der Waals surface area contributed by atoms with Crippen molar-refractivity contribution < 1.29 is 4.92 Å². The zero-order valence-corrected chi connectivity index (χ0v) is 12.6. The van der Waals surface area contributed by atoms with E-state index in [0.717, 1.165) is 37.3 Å². The van der Waals surface area contributed by atoms with E-state index < -0.39 is 0 Å². The molecule has 0 spiro atoms. The number of hydrogen-bond donors (Lipinski definition) is 0. The molecule has 1 fully saturated rings. The number of benzene rings is 2. The molecule has 0 aromatic heterocycles. The quantitative estimate of drug-likeness (QED) is 0.645. The van der Waals surface area contributed by atoms with Crippen molar-refractivity contribution in [1.29, 1.82) is 0 Å². The summed E-state index contributed by atoms with van der Waals surface area (Å²) < 4.78 is 0. The molecule has 0 saturated carbocycles. The maximum atomic E-state index is 10.7. The molecular weight excluding hydrogens is 278 g/mol. The largest absolute Gasteiger partial charge is 0.369 e. The van der Waals surface area contributed by atoms with E-state index >= 15 is 0 Å². The van der Waals surface area contributed by atoms with Crippen LogP contribution in [-0.4, -0.2) is 43.0 Å². The van der Waals surface area contributed by atoms with Gasteiger partial charge in [-0.2, -0.15) is 0 Å². The minimum Gasteiger partial charge on any atom is -0.369 e. The topological polar surface area (TPSA) is 49.6 Å². The van der Waals surface area contributed by atoms with Crippen LogP contribution in [0.1, 0.15) is 0 Å². The monoisotopic (exact) mass is 297 g/mol. The lowest BCUT2D eigenvalue weighted by atomic mass is 10.0. The Bertz CT molecular complexity index is 645. The van der Waals surface area contributed by atoms with E-state index in [1.165, 1.54) is 5.69 Å². The van der Waals surface area contributed by atoms with E-state index in [0.29, 0.717) is 0 Å². The van der Waals surface area contributed by atoms with Gasteiger partial charge >= 0.3 is 0 Å². The first-order valence-corrected chi connectivity index (χ1v) is 7.42. The number of anilines is 1. The molecule has 3 rings (SSSR count). The van der Waals surface area contributed by atoms with Crippen LogP contribution in [0.3, 0.4) is 0 Å². The second kappa shape index (κ2) is 6.15. The Hall–Kier alpha value is -2.40. The van der Waals surface area contributed by atoms with Gasteiger partial charge in [0.15, 0.2) is 0 Å². The molecule has 114 valence electrons. The third kappa shape index (κ3) is 3.09. The van der Waals surface area contributed by atoms with Crippen molar-refractivity contribution in [1.82, 2.24) is 4.90 Å². The van der Waals surface area contributed by atoms with Crippen LogP contribution in [0.4, 0.5) is 11.4 Å². The van der Waals surface area contributed by atoms with Crippen LogP contribution < -0.4 is 4.90 Å². The molecule has 0 bridgehead atoms. The maximum Gasteiger partial charge on any atom is 0.269 e.